The van der Waals surface area contributed by atoms with Crippen molar-refractivity contribution in [2.75, 3.05) is 25.0 Å². The van der Waals surface area contributed by atoms with Crippen LogP contribution in [0.25, 0.3) is 27.9 Å². The molecule has 1 saturated heterocycles. The Morgan fingerprint density at radius 2 is 2.09 bits per heavy atom. The van der Waals surface area contributed by atoms with E-state index < -0.39 is 30.5 Å². The van der Waals surface area contributed by atoms with Gasteiger partial charge in [0.25, 0.3) is 6.43 Å². The number of halogens is 5. The molecule has 0 amide bonds. The molecule has 0 unspecified atom stereocenters. The van der Waals surface area contributed by atoms with Crippen LogP contribution in [0.1, 0.15) is 18.4 Å². The van der Waals surface area contributed by atoms with Gasteiger partial charge in [-0.15, -0.1) is 5.10 Å². The lowest BCUT2D eigenvalue weighted by Gasteiger charge is -2.24. The Kier molecular flexibility index (Phi) is 5.67. The molecule has 1 fully saturated rings. The number of nitrogens with zero attached hydrogens (tertiary/aromatic N) is 5. The third kappa shape index (κ3) is 4.32. The van der Waals surface area contributed by atoms with Crippen LogP contribution in [0.2, 0.25) is 0 Å². The molecule has 1 atom stereocenters. The van der Waals surface area contributed by atoms with Gasteiger partial charge < -0.3 is 15.4 Å². The SMILES string of the molecule is FC(F)COc1ccc2c3c(-c4nc(N[C@H]5CCCNC5)ncc4C(F)(F)F)n[nH]c3nn2c1. The van der Waals surface area contributed by atoms with Crippen molar-refractivity contribution in [1.82, 2.24) is 35.1 Å². The van der Waals surface area contributed by atoms with Gasteiger partial charge in [-0.05, 0) is 31.5 Å². The van der Waals surface area contributed by atoms with Crippen molar-refractivity contribution in [3.05, 3.63) is 30.1 Å². The second kappa shape index (κ2) is 8.66. The quantitative estimate of drug-likeness (QED) is 0.362. The number of fused-ring (bicyclic) bond motifs is 3. The van der Waals surface area contributed by atoms with Gasteiger partial charge in [0.2, 0.25) is 5.95 Å². The molecule has 0 aliphatic carbocycles. The summed E-state index contributed by atoms with van der Waals surface area (Å²) in [5.74, 6) is 0.199. The third-order valence-corrected chi connectivity index (χ3v) is 5.44. The molecule has 5 rings (SSSR count). The highest BCUT2D eigenvalue weighted by Gasteiger charge is 2.37. The van der Waals surface area contributed by atoms with Crippen molar-refractivity contribution in [1.29, 1.82) is 0 Å². The molecule has 4 aromatic heterocycles. The molecule has 1 aliphatic rings. The monoisotopic (exact) mass is 482 g/mol. The number of anilines is 1. The van der Waals surface area contributed by atoms with Gasteiger partial charge >= 0.3 is 6.18 Å². The van der Waals surface area contributed by atoms with Crippen molar-refractivity contribution in [3.8, 4) is 17.1 Å². The Labute approximate surface area is 188 Å². The normalized spacial score (nSPS) is 17.1. The number of aromatic nitrogens is 6. The molecule has 4 aromatic rings. The van der Waals surface area contributed by atoms with Crippen molar-refractivity contribution in [3.63, 3.8) is 0 Å². The Balaban J connectivity index is 1.58. The van der Waals surface area contributed by atoms with Crippen molar-refractivity contribution in [2.24, 2.45) is 0 Å². The number of rotatable bonds is 6. The molecule has 180 valence electrons. The summed E-state index contributed by atoms with van der Waals surface area (Å²) in [7, 11) is 0. The summed E-state index contributed by atoms with van der Waals surface area (Å²) in [6.07, 6.45) is -3.50. The third-order valence-electron chi connectivity index (χ3n) is 5.44. The molecular formula is C20H19F5N8O. The summed E-state index contributed by atoms with van der Waals surface area (Å²) in [4.78, 5) is 8.06. The van der Waals surface area contributed by atoms with E-state index in [9.17, 15) is 22.0 Å². The number of alkyl halides is 5. The summed E-state index contributed by atoms with van der Waals surface area (Å²) in [5, 5.41) is 17.5. The fraction of sp³-hybridized carbons (Fsp3) is 0.400. The minimum atomic E-state index is -4.72. The van der Waals surface area contributed by atoms with Gasteiger partial charge in [-0.2, -0.15) is 18.3 Å². The van der Waals surface area contributed by atoms with Crippen LogP contribution in [0.4, 0.5) is 27.9 Å². The molecule has 5 heterocycles. The maximum Gasteiger partial charge on any atom is 0.420 e. The van der Waals surface area contributed by atoms with Crippen LogP contribution in [0.5, 0.6) is 5.75 Å². The zero-order chi connectivity index (χ0) is 23.9. The lowest BCUT2D eigenvalue weighted by molar-refractivity contribution is -0.137. The van der Waals surface area contributed by atoms with Gasteiger partial charge in [-0.1, -0.05) is 0 Å². The van der Waals surface area contributed by atoms with Gasteiger partial charge in [0, 0.05) is 18.8 Å². The summed E-state index contributed by atoms with van der Waals surface area (Å²) in [6.45, 7) is 0.738. The van der Waals surface area contributed by atoms with Crippen LogP contribution in [0.3, 0.4) is 0 Å². The Hall–Kier alpha value is -3.55. The smallest absolute Gasteiger partial charge is 0.420 e. The number of ether oxygens (including phenoxy) is 1. The van der Waals surface area contributed by atoms with E-state index >= 15 is 0 Å². The highest BCUT2D eigenvalue weighted by Crippen LogP contribution is 2.38. The molecule has 0 radical (unpaired) electrons. The van der Waals surface area contributed by atoms with Crippen LogP contribution in [-0.2, 0) is 6.18 Å². The Morgan fingerprint density at radius 1 is 1.24 bits per heavy atom. The van der Waals surface area contributed by atoms with Crippen molar-refractivity contribution < 1.29 is 26.7 Å². The number of hydrogen-bond donors (Lipinski definition) is 3. The first-order valence-corrected chi connectivity index (χ1v) is 10.5. The van der Waals surface area contributed by atoms with E-state index in [-0.39, 0.29) is 29.1 Å². The van der Waals surface area contributed by atoms with E-state index in [0.717, 1.165) is 25.6 Å². The standard InChI is InChI=1S/C20H19F5N8O/c21-14(22)9-34-11-3-4-13-15-17(30-31-18(15)32-33(13)8-11)16-12(20(23,24)25)7-27-19(29-16)28-10-2-1-5-26-6-10/h3-4,7-8,10,14,26H,1-2,5-6,9H2,(H,31,32)(H,27,28,29)/t10-/m0/s1. The minimum Gasteiger partial charge on any atom is -0.486 e. The molecule has 34 heavy (non-hydrogen) atoms. The van der Waals surface area contributed by atoms with Crippen LogP contribution in [0, 0.1) is 0 Å². The topological polar surface area (TPSA) is 105 Å². The highest BCUT2D eigenvalue weighted by atomic mass is 19.4. The van der Waals surface area contributed by atoms with E-state index in [1.165, 1.54) is 22.8 Å². The number of pyridine rings is 1. The van der Waals surface area contributed by atoms with Crippen LogP contribution in [-0.4, -0.2) is 61.9 Å². The lowest BCUT2D eigenvalue weighted by atomic mass is 10.1. The highest BCUT2D eigenvalue weighted by molar-refractivity contribution is 6.02. The second-order valence-electron chi connectivity index (χ2n) is 7.83. The summed E-state index contributed by atoms with van der Waals surface area (Å²) >= 11 is 0. The summed E-state index contributed by atoms with van der Waals surface area (Å²) < 4.78 is 72.7. The zero-order valence-electron chi connectivity index (χ0n) is 17.5. The van der Waals surface area contributed by atoms with Crippen molar-refractivity contribution in [2.45, 2.75) is 31.5 Å². The molecule has 0 bridgehead atoms. The van der Waals surface area contributed by atoms with Gasteiger partial charge in [-0.25, -0.2) is 23.3 Å². The minimum absolute atomic E-state index is 0.0128. The van der Waals surface area contributed by atoms with Gasteiger partial charge in [-0.3, -0.25) is 5.10 Å². The molecule has 14 heteroatoms. The van der Waals surface area contributed by atoms with Gasteiger partial charge in [0.05, 0.1) is 17.1 Å². The Bertz CT molecular complexity index is 1310. The van der Waals surface area contributed by atoms with Crippen LogP contribution in [0.15, 0.2) is 24.5 Å². The molecule has 1 aliphatic heterocycles. The zero-order valence-corrected chi connectivity index (χ0v) is 17.5. The number of hydrogen-bond acceptors (Lipinski definition) is 7. The van der Waals surface area contributed by atoms with E-state index in [1.54, 1.807) is 0 Å². The molecule has 9 nitrogen and oxygen atoms in total. The Morgan fingerprint density at radius 3 is 2.82 bits per heavy atom. The van der Waals surface area contributed by atoms with Crippen LogP contribution < -0.4 is 15.4 Å². The first-order chi connectivity index (χ1) is 16.3. The molecular weight excluding hydrogens is 463 g/mol. The van der Waals surface area contributed by atoms with Crippen molar-refractivity contribution >= 4 is 22.5 Å². The average Bonchev–Trinajstić information content (AvgIpc) is 3.36. The maximum atomic E-state index is 13.8. The molecule has 0 saturated carbocycles. The predicted octanol–water partition coefficient (Wildman–Crippen LogP) is 3.49. The largest absolute Gasteiger partial charge is 0.486 e. The number of aromatic amines is 1. The summed E-state index contributed by atoms with van der Waals surface area (Å²) in [6, 6.07) is 2.93. The fourth-order valence-electron chi connectivity index (χ4n) is 3.92. The summed E-state index contributed by atoms with van der Waals surface area (Å²) in [5.41, 5.74) is -0.872. The number of piperidine rings is 1. The second-order valence-corrected chi connectivity index (χ2v) is 7.83. The molecule has 0 aromatic carbocycles. The molecule has 0 spiro atoms. The first-order valence-electron chi connectivity index (χ1n) is 10.5. The maximum absolute atomic E-state index is 13.8. The average molecular weight is 482 g/mol. The number of H-pyrrole nitrogens is 1. The van der Waals surface area contributed by atoms with E-state index in [0.29, 0.717) is 17.4 Å². The molecule has 3 N–H and O–H groups in total. The van der Waals surface area contributed by atoms with E-state index in [4.69, 9.17) is 4.74 Å². The van der Waals surface area contributed by atoms with Crippen LogP contribution >= 0.6 is 0 Å². The number of nitrogens with one attached hydrogen (secondary N) is 3. The van der Waals surface area contributed by atoms with E-state index in [1.807, 2.05) is 0 Å². The van der Waals surface area contributed by atoms with Gasteiger partial charge in [0.15, 0.2) is 5.65 Å². The van der Waals surface area contributed by atoms with E-state index in [2.05, 4.69) is 35.9 Å². The van der Waals surface area contributed by atoms with Gasteiger partial charge in [0.1, 0.15) is 29.3 Å². The first kappa shape index (κ1) is 22.3. The lowest BCUT2D eigenvalue weighted by Crippen LogP contribution is -2.38. The predicted molar refractivity (Wildman–Crippen MR) is 112 cm³/mol. The fourth-order valence-corrected chi connectivity index (χ4v) is 3.92.